The number of anilines is 3. The summed E-state index contributed by atoms with van der Waals surface area (Å²) in [6.07, 6.45) is 8.28. The highest BCUT2D eigenvalue weighted by Crippen LogP contribution is 2.44. The van der Waals surface area contributed by atoms with E-state index in [1.165, 1.54) is 24.0 Å². The van der Waals surface area contributed by atoms with Gasteiger partial charge in [-0.15, -0.1) is 0 Å². The molecule has 0 saturated carbocycles. The number of carbonyl (C=O) groups excluding carboxylic acids is 4. The van der Waals surface area contributed by atoms with Crippen molar-refractivity contribution >= 4 is 62.4 Å². The summed E-state index contributed by atoms with van der Waals surface area (Å²) in [6.45, 7) is 19.1. The van der Waals surface area contributed by atoms with Gasteiger partial charge in [0.05, 0.1) is 49.9 Å². The Labute approximate surface area is 438 Å². The second-order valence-corrected chi connectivity index (χ2v) is 33.3. The van der Waals surface area contributed by atoms with Gasteiger partial charge in [0.1, 0.15) is 25.5 Å². The van der Waals surface area contributed by atoms with E-state index in [-0.39, 0.29) is 55.9 Å². The van der Waals surface area contributed by atoms with Crippen LogP contribution in [0.3, 0.4) is 0 Å². The topological polar surface area (TPSA) is 169 Å². The van der Waals surface area contributed by atoms with Crippen molar-refractivity contribution in [2.24, 2.45) is 5.73 Å². The number of hydrogen-bond acceptors (Lipinski definition) is 13. The third-order valence-electron chi connectivity index (χ3n) is 14.1. The highest BCUT2D eigenvalue weighted by Gasteiger charge is 2.45. The zero-order valence-corrected chi connectivity index (χ0v) is 46.7. The van der Waals surface area contributed by atoms with Crippen LogP contribution < -0.4 is 39.4 Å². The van der Waals surface area contributed by atoms with Crippen molar-refractivity contribution in [2.75, 3.05) is 109 Å². The summed E-state index contributed by atoms with van der Waals surface area (Å²) < 4.78 is 36.7. The summed E-state index contributed by atoms with van der Waals surface area (Å²) >= 11 is 0. The van der Waals surface area contributed by atoms with Crippen molar-refractivity contribution in [3.05, 3.63) is 95.3 Å². The molecule has 1 saturated heterocycles. The number of hydrogen-bond donors (Lipinski definition) is 1. The predicted octanol–water partition coefficient (Wildman–Crippen LogP) is 7.49. The number of ether oxygens (including phenoxy) is 6. The van der Waals surface area contributed by atoms with Crippen molar-refractivity contribution in [1.29, 1.82) is 0 Å². The first-order valence-corrected chi connectivity index (χ1v) is 33.2. The Balaban J connectivity index is 0.999. The summed E-state index contributed by atoms with van der Waals surface area (Å²) in [4.78, 5) is 68.9. The zero-order valence-electron chi connectivity index (χ0n) is 44.7. The Hall–Kier alpha value is -5.97. The van der Waals surface area contributed by atoms with Gasteiger partial charge in [0.25, 0.3) is 23.6 Å². The number of nitrogens with two attached hydrogens (primary N) is 1. The van der Waals surface area contributed by atoms with Crippen LogP contribution in [0.5, 0.6) is 23.0 Å². The first-order chi connectivity index (χ1) is 35.4. The molecule has 5 aliphatic rings. The van der Waals surface area contributed by atoms with Gasteiger partial charge < -0.3 is 53.8 Å². The van der Waals surface area contributed by atoms with E-state index in [4.69, 9.17) is 34.2 Å². The highest BCUT2D eigenvalue weighted by molar-refractivity contribution is 6.76. The van der Waals surface area contributed by atoms with E-state index < -0.39 is 28.2 Å². The minimum Gasteiger partial charge on any atom is -0.493 e. The summed E-state index contributed by atoms with van der Waals surface area (Å²) in [7, 11) is 2.28. The molecular weight excluding hydrogens is 975 g/mol. The van der Waals surface area contributed by atoms with E-state index in [9.17, 15) is 19.2 Å². The molecule has 8 rings (SSSR count). The third-order valence-corrected chi connectivity index (χ3v) is 17.5. The van der Waals surface area contributed by atoms with Crippen LogP contribution in [0, 0.1) is 0 Å². The number of benzene rings is 3. The largest absolute Gasteiger partial charge is 0.493 e. The standard InChI is InChI=1S/C55H75N7O10Si2/c1-57-18-20-58(21-19-57)41-15-13-39(14-16-41)40-29-47-55(66)62(37-70-25-27-74(7,8)9)45-33-51(49(68-3)31-43(45)53(64)60(47)35-40)72-23-11-22-71-50-32-44-42(30-48(50)67-2)52(63)59-34-38(12-10-17-56)28-46(59)54(65)61(44)36-69-24-26-73(4,5)6/h10,12-16,30-35,46-47H,11,17-29,36-37,56H2,1-9H3/t46-,47-/m0/s1. The van der Waals surface area contributed by atoms with E-state index in [2.05, 4.69) is 80.4 Å². The van der Waals surface area contributed by atoms with E-state index in [0.29, 0.717) is 79.0 Å². The van der Waals surface area contributed by atoms with Crippen molar-refractivity contribution < 1.29 is 47.6 Å². The van der Waals surface area contributed by atoms with Gasteiger partial charge in [-0.25, -0.2) is 0 Å². The quantitative estimate of drug-likeness (QED) is 0.0777. The lowest BCUT2D eigenvalue weighted by molar-refractivity contribution is -0.123. The Morgan fingerprint density at radius 1 is 0.635 bits per heavy atom. The first kappa shape index (κ1) is 54.3. The smallest absolute Gasteiger partial charge is 0.260 e. The Morgan fingerprint density at radius 3 is 1.62 bits per heavy atom. The van der Waals surface area contributed by atoms with Crippen LogP contribution >= 0.6 is 0 Å². The van der Waals surface area contributed by atoms with Crippen LogP contribution in [0.1, 0.15) is 45.5 Å². The van der Waals surface area contributed by atoms with Crippen LogP contribution in [0.4, 0.5) is 17.1 Å². The Kier molecular flexibility index (Phi) is 17.1. The number of amides is 4. The fraction of sp³-hybridized carbons (Fsp3) is 0.491. The second kappa shape index (κ2) is 23.3. The average Bonchev–Trinajstić information content (AvgIpc) is 3.99. The number of piperazine rings is 1. The summed E-state index contributed by atoms with van der Waals surface area (Å²) in [5.74, 6) is 0.180. The summed E-state index contributed by atoms with van der Waals surface area (Å²) in [6, 6.07) is 15.3. The molecule has 5 heterocycles. The molecule has 2 atom stereocenters. The third kappa shape index (κ3) is 12.4. The molecule has 0 bridgehead atoms. The minimum atomic E-state index is -1.45. The van der Waals surface area contributed by atoms with Gasteiger partial charge in [-0.1, -0.05) is 63.6 Å². The van der Waals surface area contributed by atoms with E-state index in [1.54, 1.807) is 46.3 Å². The zero-order chi connectivity index (χ0) is 52.9. The van der Waals surface area contributed by atoms with Crippen molar-refractivity contribution in [1.82, 2.24) is 14.7 Å². The van der Waals surface area contributed by atoms with Crippen LogP contribution in [0.2, 0.25) is 51.4 Å². The van der Waals surface area contributed by atoms with E-state index >= 15 is 0 Å². The Bertz CT molecular complexity index is 2660. The van der Waals surface area contributed by atoms with Crippen LogP contribution in [-0.4, -0.2) is 160 Å². The SMILES string of the molecule is COc1cc2c(cc1OCCCOc1cc3c(cc1OC)C(=O)N1C=C(c4ccc(N5CCN(C)CC5)cc4)C[C@H]1C(=O)N3COCC[Si](C)(C)C)N(COCC[Si](C)(C)C)C(=O)[C@@H]1CC(C=CCN)=CN1C2=O. The van der Waals surface area contributed by atoms with Gasteiger partial charge in [0.15, 0.2) is 23.0 Å². The number of allylic oxidation sites excluding steroid dienone is 1. The number of nitrogens with zero attached hydrogens (tertiary/aromatic N) is 6. The maximum atomic E-state index is 14.8. The predicted molar refractivity (Wildman–Crippen MR) is 294 cm³/mol. The van der Waals surface area contributed by atoms with Gasteiger partial charge in [0, 0.05) is 112 Å². The monoisotopic (exact) mass is 1050 g/mol. The summed E-state index contributed by atoms with van der Waals surface area (Å²) in [5, 5.41) is 0. The lowest BCUT2D eigenvalue weighted by Gasteiger charge is -2.34. The molecular formula is C55H75N7O10Si2. The number of carbonyl (C=O) groups is 4. The molecule has 5 aliphatic heterocycles. The first-order valence-electron chi connectivity index (χ1n) is 25.8. The number of fused-ring (bicyclic) bond motifs is 4. The molecule has 2 N–H and O–H groups in total. The van der Waals surface area contributed by atoms with Gasteiger partial charge in [0.2, 0.25) is 0 Å². The molecule has 0 unspecified atom stereocenters. The molecule has 4 amide bonds. The molecule has 17 nitrogen and oxygen atoms in total. The molecule has 3 aromatic carbocycles. The van der Waals surface area contributed by atoms with Crippen molar-refractivity contribution in [2.45, 2.75) is 82.7 Å². The van der Waals surface area contributed by atoms with Crippen LogP contribution in [0.15, 0.2) is 78.7 Å². The number of rotatable bonds is 22. The fourth-order valence-corrected chi connectivity index (χ4v) is 11.1. The maximum Gasteiger partial charge on any atom is 0.260 e. The molecule has 74 heavy (non-hydrogen) atoms. The summed E-state index contributed by atoms with van der Waals surface area (Å²) in [5.41, 5.74) is 10.9. The van der Waals surface area contributed by atoms with Gasteiger partial charge >= 0.3 is 0 Å². The molecule has 1 fully saturated rings. The molecule has 0 radical (unpaired) electrons. The maximum absolute atomic E-state index is 14.8. The van der Waals surface area contributed by atoms with Gasteiger partial charge in [-0.3, -0.25) is 29.0 Å². The van der Waals surface area contributed by atoms with Crippen LogP contribution in [0.25, 0.3) is 5.57 Å². The van der Waals surface area contributed by atoms with Crippen molar-refractivity contribution in [3.8, 4) is 23.0 Å². The highest BCUT2D eigenvalue weighted by atomic mass is 28.3. The Morgan fingerprint density at radius 2 is 1.14 bits per heavy atom. The van der Waals surface area contributed by atoms with Gasteiger partial charge in [-0.2, -0.15) is 0 Å². The molecule has 0 aliphatic carbocycles. The molecule has 19 heteroatoms. The van der Waals surface area contributed by atoms with E-state index in [1.807, 2.05) is 12.3 Å². The lowest BCUT2D eigenvalue weighted by atomic mass is 10.0. The molecule has 398 valence electrons. The van der Waals surface area contributed by atoms with Crippen molar-refractivity contribution in [3.63, 3.8) is 0 Å². The number of likely N-dealkylation sites (N-methyl/N-ethyl adjacent to an activating group) is 1. The normalized spacial score (nSPS) is 19.3. The molecule has 0 aromatic heterocycles. The molecule has 3 aromatic rings. The lowest BCUT2D eigenvalue weighted by Crippen LogP contribution is -2.45. The molecule has 0 spiro atoms. The minimum absolute atomic E-state index is 0.0347. The second-order valence-electron chi connectivity index (χ2n) is 22.0. The fourth-order valence-electron chi connectivity index (χ4n) is 9.61. The van der Waals surface area contributed by atoms with E-state index in [0.717, 1.165) is 60.7 Å². The van der Waals surface area contributed by atoms with Crippen LogP contribution in [-0.2, 0) is 19.1 Å². The average molecular weight is 1050 g/mol. The van der Waals surface area contributed by atoms with Gasteiger partial charge in [-0.05, 0) is 60.1 Å². The number of methoxy groups -OCH3 is 2.